The Kier molecular flexibility index (Phi) is 12.3. The SMILES string of the molecule is C/C(=C/c1ccccc1C)C(C)C.CC.CC. The molecule has 0 N–H and O–H groups in total. The van der Waals surface area contributed by atoms with E-state index in [0.717, 1.165) is 0 Å². The van der Waals surface area contributed by atoms with Crippen LogP contribution in [0.25, 0.3) is 6.08 Å². The molecule has 1 rings (SSSR count). The molecule has 0 nitrogen and oxygen atoms in total. The Bertz CT molecular complexity index is 306. The summed E-state index contributed by atoms with van der Waals surface area (Å²) in [6.45, 7) is 16.8. The van der Waals surface area contributed by atoms with Gasteiger partial charge in [-0.15, -0.1) is 0 Å². The van der Waals surface area contributed by atoms with E-state index in [2.05, 4.69) is 58.0 Å². The van der Waals surface area contributed by atoms with Crippen LogP contribution in [0.1, 0.15) is 59.6 Å². The predicted octanol–water partition coefficient (Wildman–Crippen LogP) is 6.11. The third-order valence-electron chi connectivity index (χ3n) is 2.48. The van der Waals surface area contributed by atoms with E-state index in [1.165, 1.54) is 16.7 Å². The molecule has 0 bridgehead atoms. The summed E-state index contributed by atoms with van der Waals surface area (Å²) in [6, 6.07) is 8.49. The molecule has 17 heavy (non-hydrogen) atoms. The third-order valence-corrected chi connectivity index (χ3v) is 2.48. The van der Waals surface area contributed by atoms with Gasteiger partial charge in [0, 0.05) is 0 Å². The molecule has 1 aromatic carbocycles. The van der Waals surface area contributed by atoms with Crippen LogP contribution in [-0.4, -0.2) is 0 Å². The molecule has 0 aliphatic carbocycles. The maximum absolute atomic E-state index is 2.28. The van der Waals surface area contributed by atoms with Crippen molar-refractivity contribution in [2.24, 2.45) is 5.92 Å². The van der Waals surface area contributed by atoms with E-state index in [0.29, 0.717) is 5.92 Å². The molecule has 0 unspecified atom stereocenters. The molecular weight excluding hydrogens is 204 g/mol. The summed E-state index contributed by atoms with van der Waals surface area (Å²) in [5.74, 6) is 0.639. The number of aryl methyl sites for hydroxylation is 1. The van der Waals surface area contributed by atoms with Gasteiger partial charge in [-0.1, -0.05) is 77.5 Å². The fraction of sp³-hybridized carbons (Fsp3) is 0.529. The van der Waals surface area contributed by atoms with Gasteiger partial charge in [-0.25, -0.2) is 0 Å². The molecule has 0 aromatic heterocycles. The smallest absolute Gasteiger partial charge is 0.0228 e. The normalized spacial score (nSPS) is 10.1. The van der Waals surface area contributed by atoms with Crippen LogP contribution in [0, 0.1) is 12.8 Å². The molecule has 0 fully saturated rings. The van der Waals surface area contributed by atoms with Crippen LogP contribution in [0.5, 0.6) is 0 Å². The first-order valence-electron chi connectivity index (χ1n) is 6.85. The van der Waals surface area contributed by atoms with Gasteiger partial charge in [-0.05, 0) is 30.9 Å². The summed E-state index contributed by atoms with van der Waals surface area (Å²) >= 11 is 0. The lowest BCUT2D eigenvalue weighted by molar-refractivity contribution is 0.776. The first-order valence-corrected chi connectivity index (χ1v) is 6.85. The summed E-state index contributed by atoms with van der Waals surface area (Å²) in [4.78, 5) is 0. The molecule has 0 spiro atoms. The molecule has 1 aromatic rings. The minimum atomic E-state index is 0.639. The van der Waals surface area contributed by atoms with Crippen molar-refractivity contribution in [3.8, 4) is 0 Å². The van der Waals surface area contributed by atoms with Crippen molar-refractivity contribution in [2.45, 2.75) is 55.4 Å². The maximum Gasteiger partial charge on any atom is -0.0228 e. The maximum atomic E-state index is 2.28. The van der Waals surface area contributed by atoms with Crippen LogP contribution in [-0.2, 0) is 0 Å². The number of benzene rings is 1. The van der Waals surface area contributed by atoms with E-state index in [9.17, 15) is 0 Å². The van der Waals surface area contributed by atoms with Crippen LogP contribution < -0.4 is 0 Å². The average Bonchev–Trinajstić information content (AvgIpc) is 2.37. The van der Waals surface area contributed by atoms with Gasteiger partial charge in [0.15, 0.2) is 0 Å². The lowest BCUT2D eigenvalue weighted by atomic mass is 10.00. The molecule has 0 saturated carbocycles. The summed E-state index contributed by atoms with van der Waals surface area (Å²) in [7, 11) is 0. The quantitative estimate of drug-likeness (QED) is 0.579. The fourth-order valence-electron chi connectivity index (χ4n) is 1.16. The molecule has 0 heterocycles. The Hall–Kier alpha value is -1.04. The summed E-state index contributed by atoms with van der Waals surface area (Å²) < 4.78 is 0. The summed E-state index contributed by atoms with van der Waals surface area (Å²) in [6.07, 6.45) is 2.28. The Morgan fingerprint density at radius 1 is 1.00 bits per heavy atom. The fourth-order valence-corrected chi connectivity index (χ4v) is 1.16. The van der Waals surface area contributed by atoms with Crippen molar-refractivity contribution in [1.82, 2.24) is 0 Å². The number of hydrogen-bond acceptors (Lipinski definition) is 0. The van der Waals surface area contributed by atoms with E-state index in [1.807, 2.05) is 27.7 Å². The monoisotopic (exact) mass is 234 g/mol. The zero-order chi connectivity index (χ0) is 13.8. The first-order chi connectivity index (χ1) is 8.11. The average molecular weight is 234 g/mol. The second kappa shape index (κ2) is 11.4. The lowest BCUT2D eigenvalue weighted by Gasteiger charge is -2.06. The zero-order valence-electron chi connectivity index (χ0n) is 13.0. The zero-order valence-corrected chi connectivity index (χ0v) is 13.0. The number of rotatable bonds is 2. The Morgan fingerprint density at radius 2 is 1.47 bits per heavy atom. The van der Waals surface area contributed by atoms with Gasteiger partial charge < -0.3 is 0 Å². The molecule has 0 radical (unpaired) electrons. The Morgan fingerprint density at radius 3 is 1.88 bits per heavy atom. The van der Waals surface area contributed by atoms with E-state index >= 15 is 0 Å². The largest absolute Gasteiger partial charge is 0.0702 e. The standard InChI is InChI=1S/C13H18.2C2H6/c1-10(2)12(4)9-13-8-6-5-7-11(13)3;2*1-2/h5-10H,1-4H3;2*1-2H3/b12-9-;;. The summed E-state index contributed by atoms with van der Waals surface area (Å²) in [5.41, 5.74) is 4.13. The highest BCUT2D eigenvalue weighted by atomic mass is 14.0. The molecule has 0 atom stereocenters. The minimum Gasteiger partial charge on any atom is -0.0702 e. The number of hydrogen-bond donors (Lipinski definition) is 0. The topological polar surface area (TPSA) is 0 Å². The molecular formula is C17H30. The van der Waals surface area contributed by atoms with E-state index in [4.69, 9.17) is 0 Å². The van der Waals surface area contributed by atoms with Crippen molar-refractivity contribution in [2.75, 3.05) is 0 Å². The second-order valence-corrected chi connectivity index (χ2v) is 3.90. The molecule has 0 aliphatic rings. The van der Waals surface area contributed by atoms with Gasteiger partial charge in [-0.3, -0.25) is 0 Å². The van der Waals surface area contributed by atoms with Gasteiger partial charge in [0.05, 0.1) is 0 Å². The third kappa shape index (κ3) is 7.79. The Balaban J connectivity index is 0. The van der Waals surface area contributed by atoms with Crippen molar-refractivity contribution in [3.05, 3.63) is 41.0 Å². The molecule has 0 amide bonds. The molecule has 0 saturated heterocycles. The van der Waals surface area contributed by atoms with Gasteiger partial charge in [0.1, 0.15) is 0 Å². The predicted molar refractivity (Wildman–Crippen MR) is 82.4 cm³/mol. The summed E-state index contributed by atoms with van der Waals surface area (Å²) in [5, 5.41) is 0. The van der Waals surface area contributed by atoms with E-state index in [-0.39, 0.29) is 0 Å². The van der Waals surface area contributed by atoms with Gasteiger partial charge in [0.25, 0.3) is 0 Å². The van der Waals surface area contributed by atoms with Crippen LogP contribution in [0.4, 0.5) is 0 Å². The molecule has 0 heteroatoms. The highest BCUT2D eigenvalue weighted by Crippen LogP contribution is 2.16. The lowest BCUT2D eigenvalue weighted by Crippen LogP contribution is -1.89. The van der Waals surface area contributed by atoms with Crippen LogP contribution in [0.3, 0.4) is 0 Å². The number of allylic oxidation sites excluding steroid dienone is 1. The highest BCUT2D eigenvalue weighted by Gasteiger charge is 1.97. The van der Waals surface area contributed by atoms with Crippen molar-refractivity contribution in [3.63, 3.8) is 0 Å². The van der Waals surface area contributed by atoms with Crippen molar-refractivity contribution in [1.29, 1.82) is 0 Å². The molecule has 0 aliphatic heterocycles. The van der Waals surface area contributed by atoms with Crippen LogP contribution in [0.15, 0.2) is 29.8 Å². The minimum absolute atomic E-state index is 0.639. The van der Waals surface area contributed by atoms with Gasteiger partial charge >= 0.3 is 0 Å². The Labute approximate surface area is 109 Å². The highest BCUT2D eigenvalue weighted by molar-refractivity contribution is 5.56. The van der Waals surface area contributed by atoms with Crippen molar-refractivity contribution < 1.29 is 0 Å². The van der Waals surface area contributed by atoms with Gasteiger partial charge in [-0.2, -0.15) is 0 Å². The van der Waals surface area contributed by atoms with E-state index in [1.54, 1.807) is 0 Å². The molecule has 98 valence electrons. The van der Waals surface area contributed by atoms with Gasteiger partial charge in [0.2, 0.25) is 0 Å². The second-order valence-electron chi connectivity index (χ2n) is 3.90. The first kappa shape index (κ1) is 18.3. The van der Waals surface area contributed by atoms with E-state index < -0.39 is 0 Å². The van der Waals surface area contributed by atoms with Crippen molar-refractivity contribution >= 4 is 6.08 Å². The van der Waals surface area contributed by atoms with Crippen LogP contribution >= 0.6 is 0 Å². The van der Waals surface area contributed by atoms with Crippen LogP contribution in [0.2, 0.25) is 0 Å².